The van der Waals surface area contributed by atoms with Crippen molar-refractivity contribution in [1.29, 1.82) is 0 Å². The Hall–Kier alpha value is -4.20. The maximum atomic E-state index is 12.8. The molecule has 8 nitrogen and oxygen atoms in total. The van der Waals surface area contributed by atoms with E-state index in [4.69, 9.17) is 4.74 Å². The third-order valence-electron chi connectivity index (χ3n) is 5.80. The van der Waals surface area contributed by atoms with Crippen LogP contribution in [0, 0.1) is 0 Å². The number of carbonyl (C=O) groups is 3. The predicted octanol–water partition coefficient (Wildman–Crippen LogP) is 2.76. The number of esters is 1. The highest BCUT2D eigenvalue weighted by Crippen LogP contribution is 2.31. The van der Waals surface area contributed by atoms with Crippen LogP contribution in [0.4, 0.5) is 0 Å². The van der Waals surface area contributed by atoms with E-state index < -0.39 is 12.0 Å². The zero-order valence-corrected chi connectivity index (χ0v) is 18.9. The van der Waals surface area contributed by atoms with Crippen molar-refractivity contribution in [3.63, 3.8) is 0 Å². The summed E-state index contributed by atoms with van der Waals surface area (Å²) in [6.07, 6.45) is 3.59. The van der Waals surface area contributed by atoms with Gasteiger partial charge in [-0.1, -0.05) is 49.0 Å². The van der Waals surface area contributed by atoms with Crippen LogP contribution in [-0.4, -0.2) is 52.4 Å². The Morgan fingerprint density at radius 1 is 1.15 bits per heavy atom. The van der Waals surface area contributed by atoms with Gasteiger partial charge in [0.05, 0.1) is 12.7 Å². The number of fused-ring (bicyclic) bond motifs is 1. The molecule has 1 aliphatic heterocycles. The molecule has 0 saturated heterocycles. The molecule has 4 rings (SSSR count). The molecule has 2 amide bonds. The number of carbonyl (C=O) groups excluding carboxylic acids is 3. The minimum absolute atomic E-state index is 0.178. The standard InChI is InChI=1S/C26H26N4O4/c1-3-22(31)30-15-14-29-17-21(28-24(29)23(30)19-9-5-4-6-10-19)25(32)27-13-12-18-8-7-11-20(16-18)26(33)34-2/h3-11,16-17,23H,1,12-15H2,2H3,(H,27,32). The highest BCUT2D eigenvalue weighted by molar-refractivity contribution is 5.92. The van der Waals surface area contributed by atoms with Gasteiger partial charge in [0.2, 0.25) is 5.91 Å². The van der Waals surface area contributed by atoms with E-state index in [1.165, 1.54) is 13.2 Å². The van der Waals surface area contributed by atoms with Crippen LogP contribution in [0.25, 0.3) is 0 Å². The number of benzene rings is 2. The van der Waals surface area contributed by atoms with Gasteiger partial charge in [-0.2, -0.15) is 0 Å². The number of imidazole rings is 1. The van der Waals surface area contributed by atoms with Crippen molar-refractivity contribution < 1.29 is 19.1 Å². The van der Waals surface area contributed by atoms with Crippen LogP contribution in [-0.2, 0) is 22.5 Å². The lowest BCUT2D eigenvalue weighted by Gasteiger charge is -2.35. The third-order valence-corrected chi connectivity index (χ3v) is 5.80. The van der Waals surface area contributed by atoms with E-state index in [0.717, 1.165) is 11.1 Å². The lowest BCUT2D eigenvalue weighted by molar-refractivity contribution is -0.128. The van der Waals surface area contributed by atoms with Crippen LogP contribution >= 0.6 is 0 Å². The number of amides is 2. The minimum atomic E-state index is -0.400. The summed E-state index contributed by atoms with van der Waals surface area (Å²) in [6.45, 7) is 5.04. The van der Waals surface area contributed by atoms with Gasteiger partial charge in [0, 0.05) is 25.8 Å². The Bertz CT molecular complexity index is 1220. The van der Waals surface area contributed by atoms with Crippen molar-refractivity contribution in [2.24, 2.45) is 0 Å². The smallest absolute Gasteiger partial charge is 0.337 e. The monoisotopic (exact) mass is 458 g/mol. The van der Waals surface area contributed by atoms with Gasteiger partial charge in [-0.3, -0.25) is 9.59 Å². The third kappa shape index (κ3) is 4.76. The van der Waals surface area contributed by atoms with E-state index in [1.54, 1.807) is 29.3 Å². The summed E-state index contributed by atoms with van der Waals surface area (Å²) in [5.74, 6) is -0.224. The molecule has 1 aromatic heterocycles. The topological polar surface area (TPSA) is 93.5 Å². The lowest BCUT2D eigenvalue weighted by atomic mass is 10.0. The number of nitrogens with one attached hydrogen (secondary N) is 1. The van der Waals surface area contributed by atoms with Crippen molar-refractivity contribution in [2.75, 3.05) is 20.2 Å². The number of hydrogen-bond acceptors (Lipinski definition) is 5. The first-order valence-electron chi connectivity index (χ1n) is 11.0. The molecule has 0 saturated carbocycles. The van der Waals surface area contributed by atoms with Crippen LogP contribution in [0.1, 0.15) is 43.8 Å². The SMILES string of the molecule is C=CC(=O)N1CCn2cc(C(=O)NCCc3cccc(C(=O)OC)c3)nc2C1c1ccccc1. The quantitative estimate of drug-likeness (QED) is 0.434. The molecule has 1 N–H and O–H groups in total. The first-order chi connectivity index (χ1) is 16.5. The largest absolute Gasteiger partial charge is 0.465 e. The van der Waals surface area contributed by atoms with Crippen molar-refractivity contribution in [2.45, 2.75) is 19.0 Å². The molecule has 2 aromatic carbocycles. The van der Waals surface area contributed by atoms with Crippen molar-refractivity contribution in [3.05, 3.63) is 102 Å². The summed E-state index contributed by atoms with van der Waals surface area (Å²) in [7, 11) is 1.34. The first kappa shape index (κ1) is 23.0. The van der Waals surface area contributed by atoms with E-state index in [-0.39, 0.29) is 11.8 Å². The Balaban J connectivity index is 1.49. The second-order valence-electron chi connectivity index (χ2n) is 7.92. The van der Waals surface area contributed by atoms with Gasteiger partial charge < -0.3 is 19.5 Å². The second kappa shape index (κ2) is 10.2. The van der Waals surface area contributed by atoms with Crippen LogP contribution < -0.4 is 5.32 Å². The fraction of sp³-hybridized carbons (Fsp3) is 0.231. The summed E-state index contributed by atoms with van der Waals surface area (Å²) in [6, 6.07) is 16.3. The Labute approximate surface area is 197 Å². The number of rotatable bonds is 7. The highest BCUT2D eigenvalue weighted by Gasteiger charge is 2.33. The Kier molecular flexibility index (Phi) is 6.87. The van der Waals surface area contributed by atoms with Crippen LogP contribution in [0.2, 0.25) is 0 Å². The molecule has 34 heavy (non-hydrogen) atoms. The molecule has 0 aliphatic carbocycles. The molecule has 3 aromatic rings. The first-order valence-corrected chi connectivity index (χ1v) is 11.0. The van der Waals surface area contributed by atoms with Gasteiger partial charge in [0.25, 0.3) is 5.91 Å². The maximum Gasteiger partial charge on any atom is 0.337 e. The molecule has 8 heteroatoms. The molecular weight excluding hydrogens is 432 g/mol. The van der Waals surface area contributed by atoms with Gasteiger partial charge >= 0.3 is 5.97 Å². The summed E-state index contributed by atoms with van der Waals surface area (Å²) >= 11 is 0. The highest BCUT2D eigenvalue weighted by atomic mass is 16.5. The van der Waals surface area contributed by atoms with Gasteiger partial charge in [-0.25, -0.2) is 9.78 Å². The van der Waals surface area contributed by atoms with E-state index in [9.17, 15) is 14.4 Å². The van der Waals surface area contributed by atoms with Crippen molar-refractivity contribution in [3.8, 4) is 0 Å². The van der Waals surface area contributed by atoms with E-state index in [2.05, 4.69) is 16.9 Å². The van der Waals surface area contributed by atoms with Gasteiger partial charge in [-0.15, -0.1) is 0 Å². The number of methoxy groups -OCH3 is 1. The molecule has 0 bridgehead atoms. The molecule has 174 valence electrons. The summed E-state index contributed by atoms with van der Waals surface area (Å²) in [4.78, 5) is 43.4. The normalized spacial score (nSPS) is 14.7. The lowest BCUT2D eigenvalue weighted by Crippen LogP contribution is -2.42. The summed E-state index contributed by atoms with van der Waals surface area (Å²) < 4.78 is 6.68. The van der Waals surface area contributed by atoms with Gasteiger partial charge in [0.15, 0.2) is 0 Å². The van der Waals surface area contributed by atoms with E-state index in [1.807, 2.05) is 41.0 Å². The minimum Gasteiger partial charge on any atom is -0.465 e. The predicted molar refractivity (Wildman–Crippen MR) is 126 cm³/mol. The van der Waals surface area contributed by atoms with Crippen LogP contribution in [0.5, 0.6) is 0 Å². The number of nitrogens with zero attached hydrogens (tertiary/aromatic N) is 3. The Morgan fingerprint density at radius 3 is 2.68 bits per heavy atom. The number of hydrogen-bond donors (Lipinski definition) is 1. The fourth-order valence-electron chi connectivity index (χ4n) is 4.12. The van der Waals surface area contributed by atoms with E-state index in [0.29, 0.717) is 43.1 Å². The average Bonchev–Trinajstić information content (AvgIpc) is 3.32. The zero-order valence-electron chi connectivity index (χ0n) is 18.9. The maximum absolute atomic E-state index is 12.8. The molecule has 2 heterocycles. The molecule has 1 atom stereocenters. The fourth-order valence-corrected chi connectivity index (χ4v) is 4.12. The molecule has 0 fully saturated rings. The van der Waals surface area contributed by atoms with Crippen molar-refractivity contribution in [1.82, 2.24) is 19.8 Å². The second-order valence-corrected chi connectivity index (χ2v) is 7.92. The molecule has 0 radical (unpaired) electrons. The van der Waals surface area contributed by atoms with Crippen LogP contribution in [0.3, 0.4) is 0 Å². The van der Waals surface area contributed by atoms with Crippen molar-refractivity contribution >= 4 is 17.8 Å². The molecule has 0 spiro atoms. The summed E-state index contributed by atoms with van der Waals surface area (Å²) in [5, 5.41) is 2.89. The molecular formula is C26H26N4O4. The number of aromatic nitrogens is 2. The zero-order chi connectivity index (χ0) is 24.1. The molecule has 1 unspecified atom stereocenters. The van der Waals surface area contributed by atoms with E-state index >= 15 is 0 Å². The average molecular weight is 459 g/mol. The Morgan fingerprint density at radius 2 is 1.94 bits per heavy atom. The summed E-state index contributed by atoms with van der Waals surface area (Å²) in [5.41, 5.74) is 2.60. The molecule has 1 aliphatic rings. The van der Waals surface area contributed by atoms with Gasteiger partial charge in [0.1, 0.15) is 17.6 Å². The van der Waals surface area contributed by atoms with Gasteiger partial charge in [-0.05, 0) is 35.8 Å². The number of ether oxygens (including phenoxy) is 1. The van der Waals surface area contributed by atoms with Crippen LogP contribution in [0.15, 0.2) is 73.4 Å².